The van der Waals surface area contributed by atoms with Crippen LogP contribution in [0.1, 0.15) is 44.9 Å². The van der Waals surface area contributed by atoms with Crippen LogP contribution in [0.2, 0.25) is 0 Å². The molecule has 1 aliphatic heterocycles. The first-order chi connectivity index (χ1) is 8.18. The Morgan fingerprint density at radius 1 is 1.35 bits per heavy atom. The maximum absolute atomic E-state index is 11.7. The second-order valence-electron chi connectivity index (χ2n) is 5.64. The number of nitrogens with one attached hydrogen (secondary N) is 2. The third-order valence-electron chi connectivity index (χ3n) is 4.01. The summed E-state index contributed by atoms with van der Waals surface area (Å²) in [6.45, 7) is 1.96. The molecule has 0 spiro atoms. The molecule has 1 heterocycles. The van der Waals surface area contributed by atoms with Crippen molar-refractivity contribution < 1.29 is 9.90 Å². The summed E-state index contributed by atoms with van der Waals surface area (Å²) < 4.78 is 0. The summed E-state index contributed by atoms with van der Waals surface area (Å²) in [5, 5.41) is 16.3. The molecule has 0 aromatic carbocycles. The predicted octanol–water partition coefficient (Wildman–Crippen LogP) is 0.797. The number of rotatable bonds is 4. The first-order valence-electron chi connectivity index (χ1n) is 6.88. The molecule has 0 unspecified atom stereocenters. The van der Waals surface area contributed by atoms with Gasteiger partial charge in [0.25, 0.3) is 0 Å². The van der Waals surface area contributed by atoms with E-state index in [1.165, 1.54) is 25.7 Å². The topological polar surface area (TPSA) is 61.4 Å². The monoisotopic (exact) mass is 240 g/mol. The summed E-state index contributed by atoms with van der Waals surface area (Å²) in [4.78, 5) is 11.7. The fourth-order valence-corrected chi connectivity index (χ4v) is 2.91. The van der Waals surface area contributed by atoms with Crippen LogP contribution in [0.3, 0.4) is 0 Å². The van der Waals surface area contributed by atoms with Crippen LogP contribution in [0.25, 0.3) is 0 Å². The van der Waals surface area contributed by atoms with Crippen molar-refractivity contribution in [2.45, 2.75) is 50.5 Å². The fourth-order valence-electron chi connectivity index (χ4n) is 2.91. The third-order valence-corrected chi connectivity index (χ3v) is 4.01. The number of amides is 1. The van der Waals surface area contributed by atoms with E-state index in [2.05, 4.69) is 10.6 Å². The number of aliphatic hydroxyl groups is 1. The van der Waals surface area contributed by atoms with Gasteiger partial charge in [-0.2, -0.15) is 0 Å². The SMILES string of the molecule is O=C(CC1CCCC1)NC[C@@]1(O)CCCNC1. The van der Waals surface area contributed by atoms with Gasteiger partial charge in [-0.3, -0.25) is 4.79 Å². The van der Waals surface area contributed by atoms with Crippen LogP contribution in [-0.2, 0) is 4.79 Å². The van der Waals surface area contributed by atoms with Gasteiger partial charge in [-0.25, -0.2) is 0 Å². The standard InChI is InChI=1S/C13H24N2O2/c16-12(8-11-4-1-2-5-11)15-10-13(17)6-3-7-14-9-13/h11,14,17H,1-10H2,(H,15,16)/t13-/m1/s1. The van der Waals surface area contributed by atoms with Gasteiger partial charge in [-0.15, -0.1) is 0 Å². The minimum absolute atomic E-state index is 0.107. The van der Waals surface area contributed by atoms with Gasteiger partial charge < -0.3 is 15.7 Å². The highest BCUT2D eigenvalue weighted by molar-refractivity contribution is 5.76. The van der Waals surface area contributed by atoms with Gasteiger partial charge in [0, 0.05) is 19.5 Å². The Morgan fingerprint density at radius 3 is 2.76 bits per heavy atom. The molecule has 1 atom stereocenters. The number of piperidine rings is 1. The third kappa shape index (κ3) is 3.96. The van der Waals surface area contributed by atoms with Crippen molar-refractivity contribution in [1.29, 1.82) is 0 Å². The van der Waals surface area contributed by atoms with E-state index >= 15 is 0 Å². The zero-order valence-electron chi connectivity index (χ0n) is 10.5. The predicted molar refractivity (Wildman–Crippen MR) is 66.6 cm³/mol. The van der Waals surface area contributed by atoms with Crippen molar-refractivity contribution in [3.63, 3.8) is 0 Å². The number of carbonyl (C=O) groups excluding carboxylic acids is 1. The number of hydrogen-bond donors (Lipinski definition) is 3. The Labute approximate surface area is 103 Å². The van der Waals surface area contributed by atoms with Crippen LogP contribution < -0.4 is 10.6 Å². The summed E-state index contributed by atoms with van der Waals surface area (Å²) in [6, 6.07) is 0. The molecule has 0 radical (unpaired) electrons. The van der Waals surface area contributed by atoms with E-state index in [4.69, 9.17) is 0 Å². The van der Waals surface area contributed by atoms with Crippen LogP contribution in [0.15, 0.2) is 0 Å². The quantitative estimate of drug-likeness (QED) is 0.681. The van der Waals surface area contributed by atoms with E-state index < -0.39 is 5.60 Å². The molecule has 2 fully saturated rings. The smallest absolute Gasteiger partial charge is 0.220 e. The average Bonchev–Trinajstić information content (AvgIpc) is 2.80. The van der Waals surface area contributed by atoms with Crippen molar-refractivity contribution in [3.8, 4) is 0 Å². The molecular formula is C13H24N2O2. The normalized spacial score (nSPS) is 30.4. The second-order valence-corrected chi connectivity index (χ2v) is 5.64. The summed E-state index contributed by atoms with van der Waals surface area (Å²) in [5.74, 6) is 0.685. The molecule has 4 heteroatoms. The van der Waals surface area contributed by atoms with Gasteiger partial charge in [-0.05, 0) is 38.1 Å². The van der Waals surface area contributed by atoms with Gasteiger partial charge >= 0.3 is 0 Å². The lowest BCUT2D eigenvalue weighted by atomic mass is 9.94. The Balaban J connectivity index is 1.67. The molecule has 1 saturated heterocycles. The molecule has 2 aliphatic rings. The molecule has 0 bridgehead atoms. The molecule has 3 N–H and O–H groups in total. The van der Waals surface area contributed by atoms with Crippen molar-refractivity contribution in [2.24, 2.45) is 5.92 Å². The van der Waals surface area contributed by atoms with Crippen LogP contribution >= 0.6 is 0 Å². The lowest BCUT2D eigenvalue weighted by molar-refractivity contribution is -0.123. The highest BCUT2D eigenvalue weighted by Gasteiger charge is 2.29. The number of hydrogen-bond acceptors (Lipinski definition) is 3. The molecule has 0 aromatic rings. The first-order valence-corrected chi connectivity index (χ1v) is 6.88. The van der Waals surface area contributed by atoms with Gasteiger partial charge in [-0.1, -0.05) is 12.8 Å². The summed E-state index contributed by atoms with van der Waals surface area (Å²) >= 11 is 0. The second kappa shape index (κ2) is 5.83. The molecule has 2 rings (SSSR count). The molecule has 4 nitrogen and oxygen atoms in total. The maximum atomic E-state index is 11.7. The van der Waals surface area contributed by atoms with Gasteiger partial charge in [0.15, 0.2) is 0 Å². The van der Waals surface area contributed by atoms with E-state index in [0.29, 0.717) is 25.4 Å². The van der Waals surface area contributed by atoms with E-state index in [0.717, 1.165) is 19.4 Å². The fraction of sp³-hybridized carbons (Fsp3) is 0.923. The number of carbonyl (C=O) groups is 1. The summed E-state index contributed by atoms with van der Waals surface area (Å²) in [6.07, 6.45) is 7.33. The van der Waals surface area contributed by atoms with Crippen LogP contribution in [0.5, 0.6) is 0 Å². The van der Waals surface area contributed by atoms with E-state index in [-0.39, 0.29) is 5.91 Å². The molecule has 1 saturated carbocycles. The molecule has 1 aliphatic carbocycles. The van der Waals surface area contributed by atoms with Crippen molar-refractivity contribution >= 4 is 5.91 Å². The van der Waals surface area contributed by atoms with Crippen LogP contribution in [0, 0.1) is 5.92 Å². The van der Waals surface area contributed by atoms with Crippen molar-refractivity contribution in [2.75, 3.05) is 19.6 Å². The Kier molecular flexibility index (Phi) is 4.40. The van der Waals surface area contributed by atoms with E-state index in [1.807, 2.05) is 0 Å². The van der Waals surface area contributed by atoms with Gasteiger partial charge in [0.2, 0.25) is 5.91 Å². The van der Waals surface area contributed by atoms with Gasteiger partial charge in [0.1, 0.15) is 0 Å². The summed E-state index contributed by atoms with van der Waals surface area (Å²) in [5.41, 5.74) is -0.733. The zero-order chi connectivity index (χ0) is 12.1. The summed E-state index contributed by atoms with van der Waals surface area (Å²) in [7, 11) is 0. The highest BCUT2D eigenvalue weighted by Crippen LogP contribution is 2.27. The Hall–Kier alpha value is -0.610. The Morgan fingerprint density at radius 2 is 2.12 bits per heavy atom. The van der Waals surface area contributed by atoms with E-state index in [1.54, 1.807) is 0 Å². The zero-order valence-corrected chi connectivity index (χ0v) is 10.5. The molecular weight excluding hydrogens is 216 g/mol. The lowest BCUT2D eigenvalue weighted by Gasteiger charge is -2.32. The lowest BCUT2D eigenvalue weighted by Crippen LogP contribution is -2.52. The average molecular weight is 240 g/mol. The molecule has 1 amide bonds. The molecule has 0 aromatic heterocycles. The van der Waals surface area contributed by atoms with Crippen molar-refractivity contribution in [3.05, 3.63) is 0 Å². The largest absolute Gasteiger partial charge is 0.387 e. The van der Waals surface area contributed by atoms with Crippen LogP contribution in [0.4, 0.5) is 0 Å². The number of β-amino-alcohol motifs (C(OH)–C–C–N with tert-alkyl or cyclic N) is 1. The van der Waals surface area contributed by atoms with Gasteiger partial charge in [0.05, 0.1) is 5.60 Å². The molecule has 98 valence electrons. The van der Waals surface area contributed by atoms with Crippen molar-refractivity contribution in [1.82, 2.24) is 10.6 Å². The van der Waals surface area contributed by atoms with E-state index in [9.17, 15) is 9.90 Å². The molecule has 17 heavy (non-hydrogen) atoms. The minimum atomic E-state index is -0.733. The maximum Gasteiger partial charge on any atom is 0.220 e. The first kappa shape index (κ1) is 12.8. The van der Waals surface area contributed by atoms with Crippen LogP contribution in [-0.4, -0.2) is 36.2 Å². The highest BCUT2D eigenvalue weighted by atomic mass is 16.3. The minimum Gasteiger partial charge on any atom is -0.387 e. The Bertz CT molecular complexity index is 256.